The number of nitrogens with one attached hydrogen (secondary N) is 1. The Morgan fingerprint density at radius 3 is 2.62 bits per heavy atom. The van der Waals surface area contributed by atoms with Crippen LogP contribution in [0.5, 0.6) is 0 Å². The Kier molecular flexibility index (Phi) is 4.45. The first-order chi connectivity index (χ1) is 9.93. The van der Waals surface area contributed by atoms with Gasteiger partial charge >= 0.3 is 5.97 Å². The molecule has 0 aromatic heterocycles. The summed E-state index contributed by atoms with van der Waals surface area (Å²) < 4.78 is 4.66. The number of benzene rings is 1. The van der Waals surface area contributed by atoms with Crippen molar-refractivity contribution in [3.05, 3.63) is 33.9 Å². The fourth-order valence-electron chi connectivity index (χ4n) is 2.82. The van der Waals surface area contributed by atoms with Gasteiger partial charge in [0.1, 0.15) is 5.69 Å². The van der Waals surface area contributed by atoms with Crippen LogP contribution in [-0.4, -0.2) is 24.0 Å². The minimum atomic E-state index is -0.499. The highest BCUT2D eigenvalue weighted by atomic mass is 16.6. The minimum Gasteiger partial charge on any atom is -0.465 e. The molecule has 3 atom stereocenters. The Bertz CT molecular complexity index is 559. The fraction of sp³-hybridized carbons (Fsp3) is 0.533. The van der Waals surface area contributed by atoms with Crippen LogP contribution < -0.4 is 5.32 Å². The lowest BCUT2D eigenvalue weighted by molar-refractivity contribution is -0.384. The molecule has 0 spiro atoms. The number of hydrogen-bond acceptors (Lipinski definition) is 5. The van der Waals surface area contributed by atoms with Gasteiger partial charge in [-0.3, -0.25) is 10.1 Å². The molecule has 0 saturated heterocycles. The van der Waals surface area contributed by atoms with E-state index in [2.05, 4.69) is 23.9 Å². The summed E-state index contributed by atoms with van der Waals surface area (Å²) in [6.45, 7) is 4.33. The number of anilines is 1. The third-order valence-corrected chi connectivity index (χ3v) is 4.42. The molecular formula is C15H20N2O4. The van der Waals surface area contributed by atoms with Crippen molar-refractivity contribution in [2.75, 3.05) is 12.4 Å². The van der Waals surface area contributed by atoms with Crippen molar-refractivity contribution in [3.8, 4) is 0 Å². The number of nitro benzene ring substituents is 1. The van der Waals surface area contributed by atoms with Gasteiger partial charge in [0.15, 0.2) is 0 Å². The van der Waals surface area contributed by atoms with E-state index in [4.69, 9.17) is 0 Å². The third-order valence-electron chi connectivity index (χ3n) is 4.42. The quantitative estimate of drug-likeness (QED) is 0.523. The van der Waals surface area contributed by atoms with Gasteiger partial charge < -0.3 is 10.1 Å². The summed E-state index contributed by atoms with van der Waals surface area (Å²) in [5.74, 6) is 0.525. The molecule has 1 fully saturated rings. The number of nitrogens with zero attached hydrogens (tertiary/aromatic N) is 1. The molecule has 1 aliphatic rings. The highest BCUT2D eigenvalue weighted by molar-refractivity contribution is 5.91. The molecule has 1 aliphatic carbocycles. The summed E-state index contributed by atoms with van der Waals surface area (Å²) in [5.41, 5.74) is 0.674. The summed E-state index contributed by atoms with van der Waals surface area (Å²) in [5, 5.41) is 14.4. The lowest BCUT2D eigenvalue weighted by Crippen LogP contribution is -2.24. The summed E-state index contributed by atoms with van der Waals surface area (Å²) in [7, 11) is 1.29. The van der Waals surface area contributed by atoms with Gasteiger partial charge in [0.05, 0.1) is 17.6 Å². The zero-order chi connectivity index (χ0) is 15.6. The SMILES string of the molecule is COC(=O)c1ccc([N+](=O)[O-])c(NC2CCC(C)C2C)c1. The van der Waals surface area contributed by atoms with E-state index >= 15 is 0 Å². The zero-order valence-electron chi connectivity index (χ0n) is 12.5. The van der Waals surface area contributed by atoms with Crippen LogP contribution in [0, 0.1) is 22.0 Å². The van der Waals surface area contributed by atoms with E-state index in [9.17, 15) is 14.9 Å². The molecule has 1 aromatic rings. The van der Waals surface area contributed by atoms with Gasteiger partial charge in [0, 0.05) is 12.1 Å². The van der Waals surface area contributed by atoms with Gasteiger partial charge in [-0.15, -0.1) is 0 Å². The van der Waals surface area contributed by atoms with Crippen LogP contribution in [0.25, 0.3) is 0 Å². The van der Waals surface area contributed by atoms with Crippen molar-refractivity contribution in [3.63, 3.8) is 0 Å². The average Bonchev–Trinajstić information content (AvgIpc) is 2.78. The predicted octanol–water partition coefficient (Wildman–Crippen LogP) is 3.23. The van der Waals surface area contributed by atoms with E-state index in [0.29, 0.717) is 23.1 Å². The largest absolute Gasteiger partial charge is 0.465 e. The fourth-order valence-corrected chi connectivity index (χ4v) is 2.82. The molecule has 0 amide bonds. The summed E-state index contributed by atoms with van der Waals surface area (Å²) >= 11 is 0. The smallest absolute Gasteiger partial charge is 0.337 e. The lowest BCUT2D eigenvalue weighted by Gasteiger charge is -2.21. The van der Waals surface area contributed by atoms with Gasteiger partial charge in [-0.25, -0.2) is 4.79 Å². The number of carbonyl (C=O) groups is 1. The Balaban J connectivity index is 2.30. The van der Waals surface area contributed by atoms with Crippen molar-refractivity contribution >= 4 is 17.3 Å². The molecule has 0 bridgehead atoms. The highest BCUT2D eigenvalue weighted by Crippen LogP contribution is 2.35. The predicted molar refractivity (Wildman–Crippen MR) is 79.4 cm³/mol. The van der Waals surface area contributed by atoms with Gasteiger partial charge in [-0.2, -0.15) is 0 Å². The van der Waals surface area contributed by atoms with Crippen LogP contribution in [0.3, 0.4) is 0 Å². The molecule has 21 heavy (non-hydrogen) atoms. The number of ether oxygens (including phenoxy) is 1. The van der Waals surface area contributed by atoms with Gasteiger partial charge in [-0.1, -0.05) is 13.8 Å². The monoisotopic (exact) mass is 292 g/mol. The second-order valence-electron chi connectivity index (χ2n) is 5.65. The average molecular weight is 292 g/mol. The first-order valence-electron chi connectivity index (χ1n) is 7.07. The lowest BCUT2D eigenvalue weighted by atomic mass is 9.97. The standard InChI is InChI=1S/C15H20N2O4/c1-9-4-6-12(10(9)2)16-13-8-11(15(18)21-3)5-7-14(13)17(19)20/h5,7-10,12,16H,4,6H2,1-3H3. The van der Waals surface area contributed by atoms with Crippen molar-refractivity contribution < 1.29 is 14.5 Å². The summed E-state index contributed by atoms with van der Waals surface area (Å²) in [6.07, 6.45) is 2.07. The molecule has 1 N–H and O–H groups in total. The molecule has 0 heterocycles. The highest BCUT2D eigenvalue weighted by Gasteiger charge is 2.31. The number of nitro groups is 1. The Morgan fingerprint density at radius 1 is 1.38 bits per heavy atom. The zero-order valence-corrected chi connectivity index (χ0v) is 12.5. The van der Waals surface area contributed by atoms with Crippen LogP contribution in [0.4, 0.5) is 11.4 Å². The Hall–Kier alpha value is -2.11. The van der Waals surface area contributed by atoms with E-state index in [1.165, 1.54) is 25.3 Å². The number of esters is 1. The number of hydrogen-bond donors (Lipinski definition) is 1. The van der Waals surface area contributed by atoms with Gasteiger partial charge in [0.25, 0.3) is 5.69 Å². The first kappa shape index (κ1) is 15.3. The number of rotatable bonds is 4. The van der Waals surface area contributed by atoms with Crippen molar-refractivity contribution in [2.45, 2.75) is 32.7 Å². The van der Waals surface area contributed by atoms with E-state index in [1.807, 2.05) is 0 Å². The van der Waals surface area contributed by atoms with Gasteiger partial charge in [-0.05, 0) is 36.8 Å². The maximum absolute atomic E-state index is 11.6. The molecule has 114 valence electrons. The van der Waals surface area contributed by atoms with Crippen LogP contribution >= 0.6 is 0 Å². The number of carbonyl (C=O) groups excluding carboxylic acids is 1. The van der Waals surface area contributed by atoms with E-state index in [1.54, 1.807) is 0 Å². The summed E-state index contributed by atoms with van der Waals surface area (Å²) in [4.78, 5) is 22.3. The molecule has 0 radical (unpaired) electrons. The Morgan fingerprint density at radius 2 is 2.10 bits per heavy atom. The maximum Gasteiger partial charge on any atom is 0.337 e. The van der Waals surface area contributed by atoms with Crippen LogP contribution in [0.1, 0.15) is 37.0 Å². The van der Waals surface area contributed by atoms with E-state index in [0.717, 1.165) is 12.8 Å². The molecule has 3 unspecified atom stereocenters. The molecule has 6 heteroatoms. The van der Waals surface area contributed by atoms with E-state index < -0.39 is 10.9 Å². The second kappa shape index (κ2) is 6.11. The maximum atomic E-state index is 11.6. The molecule has 1 saturated carbocycles. The first-order valence-corrected chi connectivity index (χ1v) is 7.07. The van der Waals surface area contributed by atoms with Crippen LogP contribution in [0.2, 0.25) is 0 Å². The third kappa shape index (κ3) is 3.15. The van der Waals surface area contributed by atoms with Crippen molar-refractivity contribution in [1.29, 1.82) is 0 Å². The minimum absolute atomic E-state index is 0.0191. The normalized spacial score (nSPS) is 24.6. The summed E-state index contributed by atoms with van der Waals surface area (Å²) in [6, 6.07) is 4.44. The Labute approximate surface area is 123 Å². The molecular weight excluding hydrogens is 272 g/mol. The molecule has 0 aliphatic heterocycles. The van der Waals surface area contributed by atoms with Crippen LogP contribution in [0.15, 0.2) is 18.2 Å². The van der Waals surface area contributed by atoms with Crippen LogP contribution in [-0.2, 0) is 4.74 Å². The van der Waals surface area contributed by atoms with Crippen molar-refractivity contribution in [2.24, 2.45) is 11.8 Å². The topological polar surface area (TPSA) is 81.5 Å². The molecule has 2 rings (SSSR count). The molecule has 6 nitrogen and oxygen atoms in total. The van der Waals surface area contributed by atoms with E-state index in [-0.39, 0.29) is 11.7 Å². The van der Waals surface area contributed by atoms with Gasteiger partial charge in [0.2, 0.25) is 0 Å². The molecule has 1 aromatic carbocycles. The number of methoxy groups -OCH3 is 1. The second-order valence-corrected chi connectivity index (χ2v) is 5.65. The van der Waals surface area contributed by atoms with Crippen molar-refractivity contribution in [1.82, 2.24) is 0 Å².